The third-order valence-electron chi connectivity index (χ3n) is 3.73. The van der Waals surface area contributed by atoms with E-state index in [2.05, 4.69) is 9.97 Å². The van der Waals surface area contributed by atoms with Crippen molar-refractivity contribution < 1.29 is 4.74 Å². The van der Waals surface area contributed by atoms with E-state index in [1.165, 1.54) is 11.7 Å². The van der Waals surface area contributed by atoms with Crippen LogP contribution in [-0.2, 0) is 13.0 Å². The van der Waals surface area contributed by atoms with Crippen molar-refractivity contribution in [1.29, 1.82) is 0 Å². The standard InChI is InChI=1S/C14H17N3O3/c1-3-9-6-10(20-2)15-12-11(9)13(18)17(14(19)16-12)7-8-4-5-8/h6,8H,3-5,7H2,1-2H3,(H,15,16,19). The zero-order chi connectivity index (χ0) is 14.3. The van der Waals surface area contributed by atoms with E-state index >= 15 is 0 Å². The van der Waals surface area contributed by atoms with Gasteiger partial charge >= 0.3 is 5.69 Å². The van der Waals surface area contributed by atoms with Crippen molar-refractivity contribution in [2.75, 3.05) is 7.11 Å². The summed E-state index contributed by atoms with van der Waals surface area (Å²) in [7, 11) is 1.51. The van der Waals surface area contributed by atoms with Crippen molar-refractivity contribution >= 4 is 11.0 Å². The Kier molecular flexibility index (Phi) is 3.08. The lowest BCUT2D eigenvalue weighted by atomic mass is 10.1. The predicted molar refractivity (Wildman–Crippen MR) is 75.3 cm³/mol. The number of aromatic nitrogens is 3. The number of pyridine rings is 1. The summed E-state index contributed by atoms with van der Waals surface area (Å²) in [6.45, 7) is 2.46. The molecule has 1 N–H and O–H groups in total. The molecule has 0 aromatic carbocycles. The van der Waals surface area contributed by atoms with Gasteiger partial charge in [-0.2, -0.15) is 4.98 Å². The average Bonchev–Trinajstić information content (AvgIpc) is 3.25. The first kappa shape index (κ1) is 12.9. The number of H-pyrrole nitrogens is 1. The van der Waals surface area contributed by atoms with Gasteiger partial charge in [-0.15, -0.1) is 0 Å². The van der Waals surface area contributed by atoms with E-state index in [0.717, 1.165) is 18.4 Å². The fourth-order valence-electron chi connectivity index (χ4n) is 2.40. The number of aromatic amines is 1. The Bertz CT molecular complexity index is 772. The second-order valence-electron chi connectivity index (χ2n) is 5.19. The lowest BCUT2D eigenvalue weighted by Gasteiger charge is -2.09. The number of aryl methyl sites for hydroxylation is 1. The van der Waals surface area contributed by atoms with Crippen LogP contribution in [0.4, 0.5) is 0 Å². The Balaban J connectivity index is 2.29. The molecule has 0 radical (unpaired) electrons. The Labute approximate surface area is 115 Å². The molecule has 2 aromatic rings. The van der Waals surface area contributed by atoms with E-state index < -0.39 is 5.69 Å². The zero-order valence-corrected chi connectivity index (χ0v) is 11.6. The molecule has 1 aliphatic rings. The smallest absolute Gasteiger partial charge is 0.330 e. The highest BCUT2D eigenvalue weighted by Crippen LogP contribution is 2.29. The minimum Gasteiger partial charge on any atom is -0.481 e. The third kappa shape index (κ3) is 2.11. The van der Waals surface area contributed by atoms with Gasteiger partial charge in [-0.1, -0.05) is 6.92 Å². The van der Waals surface area contributed by atoms with Crippen LogP contribution in [-0.4, -0.2) is 21.6 Å². The van der Waals surface area contributed by atoms with Gasteiger partial charge in [0.1, 0.15) is 0 Å². The van der Waals surface area contributed by atoms with Crippen LogP contribution in [0.2, 0.25) is 0 Å². The number of hydrogen-bond acceptors (Lipinski definition) is 4. The summed E-state index contributed by atoms with van der Waals surface area (Å²) in [5, 5.41) is 0.494. The Morgan fingerprint density at radius 1 is 1.45 bits per heavy atom. The molecule has 0 bridgehead atoms. The fraction of sp³-hybridized carbons (Fsp3) is 0.500. The molecule has 106 valence electrons. The van der Waals surface area contributed by atoms with E-state index in [4.69, 9.17) is 4.74 Å². The van der Waals surface area contributed by atoms with E-state index in [1.54, 1.807) is 6.07 Å². The zero-order valence-electron chi connectivity index (χ0n) is 11.6. The van der Waals surface area contributed by atoms with Crippen LogP contribution < -0.4 is 16.0 Å². The number of hydrogen-bond donors (Lipinski definition) is 1. The van der Waals surface area contributed by atoms with Gasteiger partial charge in [-0.05, 0) is 30.7 Å². The molecular weight excluding hydrogens is 258 g/mol. The first-order valence-corrected chi connectivity index (χ1v) is 6.84. The topological polar surface area (TPSA) is 77.0 Å². The lowest BCUT2D eigenvalue weighted by Crippen LogP contribution is -2.36. The largest absolute Gasteiger partial charge is 0.481 e. The molecule has 6 heteroatoms. The van der Waals surface area contributed by atoms with Gasteiger partial charge < -0.3 is 4.74 Å². The minimum atomic E-state index is -0.391. The second-order valence-corrected chi connectivity index (χ2v) is 5.19. The maximum atomic E-state index is 12.6. The highest BCUT2D eigenvalue weighted by Gasteiger charge is 2.24. The van der Waals surface area contributed by atoms with Crippen molar-refractivity contribution in [3.05, 3.63) is 32.5 Å². The van der Waals surface area contributed by atoms with Crippen LogP contribution in [0.15, 0.2) is 15.7 Å². The number of fused-ring (bicyclic) bond motifs is 1. The van der Waals surface area contributed by atoms with Crippen LogP contribution in [0.25, 0.3) is 11.0 Å². The fourth-order valence-corrected chi connectivity index (χ4v) is 2.40. The molecule has 0 atom stereocenters. The molecule has 0 amide bonds. The van der Waals surface area contributed by atoms with Gasteiger partial charge in [0.2, 0.25) is 5.88 Å². The quantitative estimate of drug-likeness (QED) is 0.905. The number of ether oxygens (including phenoxy) is 1. The maximum Gasteiger partial charge on any atom is 0.330 e. The van der Waals surface area contributed by atoms with Gasteiger partial charge in [-0.3, -0.25) is 14.3 Å². The lowest BCUT2D eigenvalue weighted by molar-refractivity contribution is 0.398. The molecule has 1 aliphatic carbocycles. The first-order chi connectivity index (χ1) is 9.63. The highest BCUT2D eigenvalue weighted by molar-refractivity contribution is 5.78. The Hall–Kier alpha value is -2.11. The van der Waals surface area contributed by atoms with Gasteiger partial charge in [0.25, 0.3) is 5.56 Å². The van der Waals surface area contributed by atoms with Crippen molar-refractivity contribution in [1.82, 2.24) is 14.5 Å². The van der Waals surface area contributed by atoms with Crippen LogP contribution >= 0.6 is 0 Å². The Morgan fingerprint density at radius 3 is 2.80 bits per heavy atom. The summed E-state index contributed by atoms with van der Waals surface area (Å²) in [5.41, 5.74) is 0.515. The summed E-state index contributed by atoms with van der Waals surface area (Å²) in [6.07, 6.45) is 2.86. The normalized spacial score (nSPS) is 14.7. The highest BCUT2D eigenvalue weighted by atomic mass is 16.5. The Morgan fingerprint density at radius 2 is 2.20 bits per heavy atom. The monoisotopic (exact) mass is 275 g/mol. The molecule has 2 heterocycles. The predicted octanol–water partition coefficient (Wildman–Crippen LogP) is 1.07. The summed E-state index contributed by atoms with van der Waals surface area (Å²) < 4.78 is 6.41. The molecule has 2 aromatic heterocycles. The number of nitrogens with one attached hydrogen (secondary N) is 1. The van der Waals surface area contributed by atoms with E-state index in [-0.39, 0.29) is 5.56 Å². The van der Waals surface area contributed by atoms with Gasteiger partial charge in [0, 0.05) is 12.6 Å². The molecule has 1 saturated carbocycles. The van der Waals surface area contributed by atoms with E-state index in [1.807, 2.05) is 6.92 Å². The third-order valence-corrected chi connectivity index (χ3v) is 3.73. The average molecular weight is 275 g/mol. The van der Waals surface area contributed by atoms with Crippen LogP contribution in [0.5, 0.6) is 5.88 Å². The molecule has 0 saturated heterocycles. The van der Waals surface area contributed by atoms with Crippen molar-refractivity contribution in [3.8, 4) is 5.88 Å². The second kappa shape index (κ2) is 4.77. The van der Waals surface area contributed by atoms with E-state index in [9.17, 15) is 9.59 Å². The summed E-state index contributed by atoms with van der Waals surface area (Å²) in [5.74, 6) is 0.867. The van der Waals surface area contributed by atoms with E-state index in [0.29, 0.717) is 35.8 Å². The molecule has 3 rings (SSSR count). The van der Waals surface area contributed by atoms with Crippen LogP contribution in [0.3, 0.4) is 0 Å². The van der Waals surface area contributed by atoms with Crippen molar-refractivity contribution in [2.45, 2.75) is 32.7 Å². The molecular formula is C14H17N3O3. The summed E-state index contributed by atoms with van der Waals surface area (Å²) >= 11 is 0. The van der Waals surface area contributed by atoms with Crippen LogP contribution in [0, 0.1) is 5.92 Å². The van der Waals surface area contributed by atoms with Gasteiger partial charge in [-0.25, -0.2) is 4.79 Å². The molecule has 0 spiro atoms. The summed E-state index contributed by atoms with van der Waals surface area (Å²) in [6, 6.07) is 1.75. The van der Waals surface area contributed by atoms with Crippen molar-refractivity contribution in [2.24, 2.45) is 5.92 Å². The molecule has 1 fully saturated rings. The minimum absolute atomic E-state index is 0.248. The number of rotatable bonds is 4. The van der Waals surface area contributed by atoms with Crippen molar-refractivity contribution in [3.63, 3.8) is 0 Å². The van der Waals surface area contributed by atoms with Gasteiger partial charge in [0.15, 0.2) is 5.65 Å². The van der Waals surface area contributed by atoms with Gasteiger partial charge in [0.05, 0.1) is 12.5 Å². The number of methoxy groups -OCH3 is 1. The molecule has 6 nitrogen and oxygen atoms in total. The van der Waals surface area contributed by atoms with Crippen LogP contribution in [0.1, 0.15) is 25.3 Å². The first-order valence-electron chi connectivity index (χ1n) is 6.84. The molecule has 0 unspecified atom stereocenters. The SMILES string of the molecule is CCc1cc(OC)nc2[nH]c(=O)n(CC3CC3)c(=O)c12. The maximum absolute atomic E-state index is 12.6. The molecule has 0 aliphatic heterocycles. The summed E-state index contributed by atoms with van der Waals surface area (Å²) in [4.78, 5) is 31.5. The number of nitrogens with zero attached hydrogens (tertiary/aromatic N) is 2. The molecule has 20 heavy (non-hydrogen) atoms.